The molecule has 1 aromatic heterocycles. The highest BCUT2D eigenvalue weighted by Crippen LogP contribution is 2.20. The minimum absolute atomic E-state index is 0.0383. The second kappa shape index (κ2) is 4.28. The fraction of sp³-hybridized carbons (Fsp3) is 0.143. The van der Waals surface area contributed by atoms with E-state index in [1.807, 2.05) is 0 Å². The van der Waals surface area contributed by atoms with Gasteiger partial charge in [0.05, 0.1) is 0 Å². The minimum atomic E-state index is -2.69. The molecular weight excluding hydrogens is 314 g/mol. The summed E-state index contributed by atoms with van der Waals surface area (Å²) in [6.07, 6.45) is -2.69. The van der Waals surface area contributed by atoms with Crippen LogP contribution in [-0.2, 0) is 0 Å². The molecule has 0 saturated carbocycles. The topological polar surface area (TPSA) is 30.0 Å². The summed E-state index contributed by atoms with van der Waals surface area (Å²) >= 11 is 6.88. The Kier molecular flexibility index (Phi) is 3.55. The second-order valence-electron chi connectivity index (χ2n) is 2.18. The molecule has 2 nitrogen and oxygen atoms in total. The van der Waals surface area contributed by atoms with E-state index < -0.39 is 17.4 Å². The summed E-state index contributed by atoms with van der Waals surface area (Å²) in [6.45, 7) is 0. The van der Waals surface area contributed by atoms with Crippen LogP contribution in [0.2, 0.25) is 0 Å². The number of hydrogen-bond donors (Lipinski definition) is 0. The Hall–Kier alpha value is -0.300. The molecule has 1 heterocycles. The molecule has 1 rings (SSSR count). The highest BCUT2D eigenvalue weighted by Gasteiger charge is 2.13. The number of carbonyl (C=O) groups is 1. The number of carbonyl (C=O) groups excluding carboxylic acids is 1. The summed E-state index contributed by atoms with van der Waals surface area (Å²) in [7, 11) is 0. The number of halogens is 4. The molecule has 0 aliphatic carbocycles. The van der Waals surface area contributed by atoms with Gasteiger partial charge in [-0.2, -0.15) is 0 Å². The zero-order valence-electron chi connectivity index (χ0n) is 6.10. The molecule has 0 fully saturated rings. The third-order valence-electron chi connectivity index (χ3n) is 1.26. The van der Waals surface area contributed by atoms with Crippen LogP contribution in [0.4, 0.5) is 8.78 Å². The van der Waals surface area contributed by atoms with E-state index in [1.54, 1.807) is 22.6 Å². The molecule has 0 atom stereocenters. The van der Waals surface area contributed by atoms with Gasteiger partial charge in [0.2, 0.25) is 0 Å². The fourth-order valence-corrected chi connectivity index (χ4v) is 1.47. The van der Waals surface area contributed by atoms with Crippen molar-refractivity contribution in [2.75, 3.05) is 0 Å². The molecule has 0 aliphatic heterocycles. The second-order valence-corrected chi connectivity index (χ2v) is 3.63. The Morgan fingerprint density at radius 2 is 2.15 bits per heavy atom. The molecule has 0 N–H and O–H groups in total. The van der Waals surface area contributed by atoms with Crippen LogP contribution >= 0.6 is 34.2 Å². The average Bonchev–Trinajstić information content (AvgIpc) is 2.03. The van der Waals surface area contributed by atoms with Gasteiger partial charge in [-0.15, -0.1) is 0 Å². The van der Waals surface area contributed by atoms with Crippen molar-refractivity contribution in [2.45, 2.75) is 6.43 Å². The Balaban J connectivity index is 3.19. The molecule has 0 saturated heterocycles. The van der Waals surface area contributed by atoms with E-state index in [0.29, 0.717) is 3.70 Å². The van der Waals surface area contributed by atoms with Crippen LogP contribution in [0.3, 0.4) is 0 Å². The Bertz CT molecular complexity index is 345. The summed E-state index contributed by atoms with van der Waals surface area (Å²) in [5, 5.41) is -0.762. The van der Waals surface area contributed by atoms with Crippen LogP contribution in [0.5, 0.6) is 0 Å². The smallest absolute Gasteiger partial charge is 0.276 e. The highest BCUT2D eigenvalue weighted by atomic mass is 127. The number of rotatable bonds is 2. The molecular formula is C7H3ClF2INO. The lowest BCUT2D eigenvalue weighted by Gasteiger charge is -2.01. The van der Waals surface area contributed by atoms with Crippen LogP contribution in [0.1, 0.15) is 22.5 Å². The predicted octanol–water partition coefficient (Wildman–Crippen LogP) is 3.00. The molecule has 0 aliphatic rings. The molecule has 0 amide bonds. The zero-order valence-corrected chi connectivity index (χ0v) is 9.01. The largest absolute Gasteiger partial charge is 0.280 e. The normalized spacial score (nSPS) is 10.5. The van der Waals surface area contributed by atoms with Gasteiger partial charge in [0.15, 0.2) is 0 Å². The fourth-order valence-electron chi connectivity index (χ4n) is 0.742. The van der Waals surface area contributed by atoms with E-state index >= 15 is 0 Å². The van der Waals surface area contributed by atoms with Crippen LogP contribution < -0.4 is 0 Å². The lowest BCUT2D eigenvalue weighted by atomic mass is 10.2. The van der Waals surface area contributed by atoms with E-state index in [1.165, 1.54) is 6.07 Å². The van der Waals surface area contributed by atoms with Gasteiger partial charge >= 0.3 is 0 Å². The summed E-state index contributed by atoms with van der Waals surface area (Å²) in [5.41, 5.74) is -0.396. The molecule has 6 heteroatoms. The molecule has 1 aromatic rings. The van der Waals surface area contributed by atoms with Crippen molar-refractivity contribution >= 4 is 39.4 Å². The standard InChI is InChI=1S/C7H3ClF2INO/c8-6(13)3-1-4(7(9)10)12-5(11)2-3/h1-2,7H. The van der Waals surface area contributed by atoms with Crippen molar-refractivity contribution in [3.8, 4) is 0 Å². The van der Waals surface area contributed by atoms with Gasteiger partial charge in [0.25, 0.3) is 11.7 Å². The monoisotopic (exact) mass is 317 g/mol. The van der Waals surface area contributed by atoms with E-state index in [-0.39, 0.29) is 5.56 Å². The summed E-state index contributed by atoms with van der Waals surface area (Å²) in [4.78, 5) is 14.2. The molecule has 0 spiro atoms. The number of hydrogen-bond acceptors (Lipinski definition) is 2. The minimum Gasteiger partial charge on any atom is -0.276 e. The summed E-state index contributed by atoms with van der Waals surface area (Å²) in [5.74, 6) is 0. The van der Waals surface area contributed by atoms with E-state index in [9.17, 15) is 13.6 Å². The zero-order chi connectivity index (χ0) is 10.0. The molecule has 0 radical (unpaired) electrons. The Labute approximate surface area is 91.4 Å². The quantitative estimate of drug-likeness (QED) is 0.477. The van der Waals surface area contributed by atoms with Crippen LogP contribution in [-0.4, -0.2) is 10.2 Å². The SMILES string of the molecule is O=C(Cl)c1cc(I)nc(C(F)F)c1. The number of aromatic nitrogens is 1. The molecule has 0 unspecified atom stereocenters. The van der Waals surface area contributed by atoms with Gasteiger partial charge in [-0.1, -0.05) is 0 Å². The maximum Gasteiger partial charge on any atom is 0.280 e. The summed E-state index contributed by atoms with van der Waals surface area (Å²) in [6, 6.07) is 2.34. The molecule has 0 bridgehead atoms. The van der Waals surface area contributed by atoms with Crippen molar-refractivity contribution < 1.29 is 13.6 Å². The number of alkyl halides is 2. The highest BCUT2D eigenvalue weighted by molar-refractivity contribution is 14.1. The van der Waals surface area contributed by atoms with Gasteiger partial charge < -0.3 is 0 Å². The van der Waals surface area contributed by atoms with E-state index in [2.05, 4.69) is 4.98 Å². The van der Waals surface area contributed by atoms with E-state index in [0.717, 1.165) is 6.07 Å². The van der Waals surface area contributed by atoms with Gasteiger partial charge in [-0.25, -0.2) is 13.8 Å². The first-order valence-electron chi connectivity index (χ1n) is 3.16. The first-order chi connectivity index (χ1) is 6.00. The Morgan fingerprint density at radius 3 is 2.62 bits per heavy atom. The maximum absolute atomic E-state index is 12.2. The predicted molar refractivity (Wildman–Crippen MR) is 52.1 cm³/mol. The molecule has 70 valence electrons. The maximum atomic E-state index is 12.2. The lowest BCUT2D eigenvalue weighted by Crippen LogP contribution is -1.98. The third-order valence-corrected chi connectivity index (χ3v) is 2.04. The number of nitrogens with zero attached hydrogens (tertiary/aromatic N) is 1. The molecule has 13 heavy (non-hydrogen) atoms. The van der Waals surface area contributed by atoms with Gasteiger partial charge in [-0.05, 0) is 46.3 Å². The van der Waals surface area contributed by atoms with Gasteiger partial charge in [-0.3, -0.25) is 4.79 Å². The van der Waals surface area contributed by atoms with Crippen molar-refractivity contribution in [3.63, 3.8) is 0 Å². The Morgan fingerprint density at radius 1 is 1.54 bits per heavy atom. The van der Waals surface area contributed by atoms with Crippen molar-refractivity contribution in [3.05, 3.63) is 27.1 Å². The summed E-state index contributed by atoms with van der Waals surface area (Å²) < 4.78 is 24.7. The van der Waals surface area contributed by atoms with Crippen molar-refractivity contribution in [1.29, 1.82) is 0 Å². The van der Waals surface area contributed by atoms with Crippen LogP contribution in [0, 0.1) is 3.70 Å². The van der Waals surface area contributed by atoms with Crippen LogP contribution in [0.15, 0.2) is 12.1 Å². The first kappa shape index (κ1) is 10.8. The first-order valence-corrected chi connectivity index (χ1v) is 4.62. The van der Waals surface area contributed by atoms with Crippen molar-refractivity contribution in [1.82, 2.24) is 4.98 Å². The van der Waals surface area contributed by atoms with Crippen molar-refractivity contribution in [2.24, 2.45) is 0 Å². The average molecular weight is 317 g/mol. The van der Waals surface area contributed by atoms with Gasteiger partial charge in [0.1, 0.15) is 9.39 Å². The van der Waals surface area contributed by atoms with E-state index in [4.69, 9.17) is 11.6 Å². The number of pyridine rings is 1. The lowest BCUT2D eigenvalue weighted by molar-refractivity contribution is 0.108. The molecule has 0 aromatic carbocycles. The third kappa shape index (κ3) is 2.84. The van der Waals surface area contributed by atoms with Gasteiger partial charge in [0, 0.05) is 5.56 Å². The van der Waals surface area contributed by atoms with Crippen LogP contribution in [0.25, 0.3) is 0 Å².